The number of ether oxygens (including phenoxy) is 1. The lowest BCUT2D eigenvalue weighted by atomic mass is 10.2. The second-order valence-electron chi connectivity index (χ2n) is 5.93. The van der Waals surface area contributed by atoms with Crippen molar-refractivity contribution in [3.63, 3.8) is 0 Å². The summed E-state index contributed by atoms with van der Waals surface area (Å²) in [5.74, 6) is 1.78. The fraction of sp³-hybridized carbons (Fsp3) is 0.471. The van der Waals surface area contributed by atoms with E-state index in [0.717, 1.165) is 56.0 Å². The number of anilines is 1. The Morgan fingerprint density at radius 3 is 2.86 bits per heavy atom. The van der Waals surface area contributed by atoms with E-state index in [4.69, 9.17) is 14.7 Å². The minimum atomic E-state index is 0.316. The Hall–Kier alpha value is -2.01. The molecule has 5 nitrogen and oxygen atoms in total. The third kappa shape index (κ3) is 2.68. The Morgan fingerprint density at radius 1 is 1.14 bits per heavy atom. The maximum atomic E-state index is 5.69. The number of nitrogens with zero attached hydrogens (tertiary/aromatic N) is 3. The monoisotopic (exact) mass is 296 g/mol. The average molecular weight is 296 g/mol. The molecule has 1 fully saturated rings. The van der Waals surface area contributed by atoms with Gasteiger partial charge in [0, 0.05) is 42.4 Å². The molecule has 1 aliphatic heterocycles. The van der Waals surface area contributed by atoms with E-state index in [-0.39, 0.29) is 0 Å². The lowest BCUT2D eigenvalue weighted by molar-refractivity contribution is 0.120. The molecule has 0 aromatic carbocycles. The van der Waals surface area contributed by atoms with Crippen LogP contribution in [0.2, 0.25) is 0 Å². The van der Waals surface area contributed by atoms with Crippen molar-refractivity contribution in [3.05, 3.63) is 35.8 Å². The summed E-state index contributed by atoms with van der Waals surface area (Å²) < 4.78 is 5.69. The molecule has 1 aliphatic carbocycles. The highest BCUT2D eigenvalue weighted by atomic mass is 16.5. The first-order chi connectivity index (χ1) is 10.9. The molecule has 1 saturated heterocycles. The van der Waals surface area contributed by atoms with Gasteiger partial charge in [-0.2, -0.15) is 0 Å². The number of fused-ring (bicyclic) bond motifs is 1. The molecule has 0 unspecified atom stereocenters. The van der Waals surface area contributed by atoms with Crippen molar-refractivity contribution in [2.75, 3.05) is 18.5 Å². The molecule has 2 aliphatic rings. The molecule has 0 spiro atoms. The first kappa shape index (κ1) is 13.6. The summed E-state index contributed by atoms with van der Waals surface area (Å²) in [5.41, 5.74) is 3.50. The van der Waals surface area contributed by atoms with Crippen LogP contribution in [0.5, 0.6) is 0 Å². The quantitative estimate of drug-likeness (QED) is 0.940. The van der Waals surface area contributed by atoms with Gasteiger partial charge >= 0.3 is 0 Å². The molecular weight excluding hydrogens is 276 g/mol. The summed E-state index contributed by atoms with van der Waals surface area (Å²) in [4.78, 5) is 13.6. The van der Waals surface area contributed by atoms with Gasteiger partial charge in [0.15, 0.2) is 5.82 Å². The summed E-state index contributed by atoms with van der Waals surface area (Å²) in [7, 11) is 0. The Labute approximate surface area is 130 Å². The Bertz CT molecular complexity index is 653. The van der Waals surface area contributed by atoms with Gasteiger partial charge < -0.3 is 10.1 Å². The molecule has 22 heavy (non-hydrogen) atoms. The van der Waals surface area contributed by atoms with Crippen LogP contribution in [0.4, 0.5) is 5.82 Å². The van der Waals surface area contributed by atoms with Crippen molar-refractivity contribution in [1.29, 1.82) is 0 Å². The minimum Gasteiger partial charge on any atom is -0.376 e. The van der Waals surface area contributed by atoms with Crippen LogP contribution in [-0.2, 0) is 17.6 Å². The van der Waals surface area contributed by atoms with Gasteiger partial charge in [0.1, 0.15) is 5.82 Å². The number of rotatable bonds is 4. The Balaban J connectivity index is 1.63. The Kier molecular flexibility index (Phi) is 3.72. The number of aromatic nitrogens is 3. The second kappa shape index (κ2) is 6.01. The number of aryl methyl sites for hydroxylation is 1. The molecule has 3 heterocycles. The maximum Gasteiger partial charge on any atom is 0.161 e. The van der Waals surface area contributed by atoms with Gasteiger partial charge in [0.05, 0.1) is 6.10 Å². The fourth-order valence-electron chi connectivity index (χ4n) is 3.22. The van der Waals surface area contributed by atoms with Crippen molar-refractivity contribution in [1.82, 2.24) is 15.0 Å². The van der Waals surface area contributed by atoms with E-state index in [1.807, 2.05) is 12.1 Å². The molecule has 4 rings (SSSR count). The third-order valence-electron chi connectivity index (χ3n) is 4.39. The normalized spacial score (nSPS) is 20.1. The molecule has 0 bridgehead atoms. The van der Waals surface area contributed by atoms with E-state index in [0.29, 0.717) is 6.10 Å². The van der Waals surface area contributed by atoms with Crippen LogP contribution >= 0.6 is 0 Å². The van der Waals surface area contributed by atoms with E-state index >= 15 is 0 Å². The lowest BCUT2D eigenvalue weighted by Crippen LogP contribution is -2.20. The van der Waals surface area contributed by atoms with Crippen LogP contribution in [0.1, 0.15) is 30.5 Å². The zero-order valence-corrected chi connectivity index (χ0v) is 12.6. The predicted octanol–water partition coefficient (Wildman–Crippen LogP) is 2.62. The van der Waals surface area contributed by atoms with Gasteiger partial charge in [-0.05, 0) is 44.2 Å². The minimum absolute atomic E-state index is 0.316. The van der Waals surface area contributed by atoms with Crippen molar-refractivity contribution in [3.8, 4) is 11.4 Å². The van der Waals surface area contributed by atoms with Gasteiger partial charge in [-0.15, -0.1) is 0 Å². The summed E-state index contributed by atoms with van der Waals surface area (Å²) in [6, 6.07) is 3.92. The molecule has 5 heteroatoms. The van der Waals surface area contributed by atoms with Crippen LogP contribution in [0.3, 0.4) is 0 Å². The van der Waals surface area contributed by atoms with Crippen LogP contribution < -0.4 is 5.32 Å². The molecule has 2 aromatic rings. The Morgan fingerprint density at radius 2 is 2.05 bits per heavy atom. The van der Waals surface area contributed by atoms with Crippen molar-refractivity contribution in [2.45, 2.75) is 38.2 Å². The number of nitrogens with one attached hydrogen (secondary N) is 1. The standard InChI is InChI=1S/C17H20N4O/c1-4-14-15(5-1)20-16(12-6-8-18-9-7-12)21-17(14)19-11-13-3-2-10-22-13/h6-9,13H,1-5,10-11H2,(H,19,20,21)/t13-/m1/s1. The first-order valence-electron chi connectivity index (χ1n) is 8.06. The zero-order chi connectivity index (χ0) is 14.8. The predicted molar refractivity (Wildman–Crippen MR) is 84.8 cm³/mol. The molecule has 0 radical (unpaired) electrons. The van der Waals surface area contributed by atoms with E-state index in [2.05, 4.69) is 10.3 Å². The number of pyridine rings is 1. The third-order valence-corrected chi connectivity index (χ3v) is 4.39. The fourth-order valence-corrected chi connectivity index (χ4v) is 3.22. The molecule has 0 amide bonds. The van der Waals surface area contributed by atoms with Crippen LogP contribution in [0.25, 0.3) is 11.4 Å². The molecule has 1 N–H and O–H groups in total. The van der Waals surface area contributed by atoms with Crippen LogP contribution in [-0.4, -0.2) is 34.2 Å². The van der Waals surface area contributed by atoms with E-state index in [1.54, 1.807) is 12.4 Å². The first-order valence-corrected chi connectivity index (χ1v) is 8.06. The van der Waals surface area contributed by atoms with Crippen molar-refractivity contribution >= 4 is 5.82 Å². The summed E-state index contributed by atoms with van der Waals surface area (Å²) in [5, 5.41) is 3.51. The SMILES string of the molecule is c1cc(-c2nc3c(c(NC[C@H]4CCCO4)n2)CCC3)ccn1. The van der Waals surface area contributed by atoms with Gasteiger partial charge in [0.25, 0.3) is 0 Å². The zero-order valence-electron chi connectivity index (χ0n) is 12.6. The van der Waals surface area contributed by atoms with Gasteiger partial charge in [0.2, 0.25) is 0 Å². The number of hydrogen-bond donors (Lipinski definition) is 1. The molecule has 0 saturated carbocycles. The topological polar surface area (TPSA) is 59.9 Å². The average Bonchev–Trinajstić information content (AvgIpc) is 3.24. The van der Waals surface area contributed by atoms with E-state index in [9.17, 15) is 0 Å². The second-order valence-corrected chi connectivity index (χ2v) is 5.93. The van der Waals surface area contributed by atoms with Gasteiger partial charge in [-0.1, -0.05) is 0 Å². The van der Waals surface area contributed by atoms with E-state index < -0.39 is 0 Å². The summed E-state index contributed by atoms with van der Waals surface area (Å²) in [6.45, 7) is 1.72. The maximum absolute atomic E-state index is 5.69. The van der Waals surface area contributed by atoms with Crippen LogP contribution in [0.15, 0.2) is 24.5 Å². The molecule has 2 aromatic heterocycles. The summed E-state index contributed by atoms with van der Waals surface area (Å²) in [6.07, 6.45) is 9.46. The smallest absolute Gasteiger partial charge is 0.161 e. The van der Waals surface area contributed by atoms with Gasteiger partial charge in [-0.3, -0.25) is 4.98 Å². The van der Waals surface area contributed by atoms with Crippen LogP contribution in [0, 0.1) is 0 Å². The van der Waals surface area contributed by atoms with E-state index in [1.165, 1.54) is 17.7 Å². The lowest BCUT2D eigenvalue weighted by Gasteiger charge is -2.15. The highest BCUT2D eigenvalue weighted by Gasteiger charge is 2.21. The number of hydrogen-bond acceptors (Lipinski definition) is 5. The van der Waals surface area contributed by atoms with Crippen molar-refractivity contribution in [2.24, 2.45) is 0 Å². The highest BCUT2D eigenvalue weighted by Crippen LogP contribution is 2.29. The molecule has 114 valence electrons. The molecular formula is C17H20N4O. The largest absolute Gasteiger partial charge is 0.376 e. The molecule has 1 atom stereocenters. The highest BCUT2D eigenvalue weighted by molar-refractivity contribution is 5.60. The summed E-state index contributed by atoms with van der Waals surface area (Å²) >= 11 is 0. The van der Waals surface area contributed by atoms with Gasteiger partial charge in [-0.25, -0.2) is 9.97 Å². The van der Waals surface area contributed by atoms with Crippen molar-refractivity contribution < 1.29 is 4.74 Å².